The highest BCUT2D eigenvalue weighted by atomic mass is 127. The van der Waals surface area contributed by atoms with E-state index in [1.807, 2.05) is 28.7 Å². The monoisotopic (exact) mass is 1230 g/mol. The summed E-state index contributed by atoms with van der Waals surface area (Å²) in [6.45, 7) is 0. The third-order valence-corrected chi connectivity index (χ3v) is 17.0. The molecule has 0 saturated carbocycles. The molecule has 0 radical (unpaired) electrons. The molecule has 8 aromatic rings. The molecule has 0 aliphatic rings. The molecule has 0 aliphatic carbocycles. The molecule has 0 saturated heterocycles. The number of fused-ring (bicyclic) bond motifs is 3. The number of carbonyl (C=O) groups excluding carboxylic acids is 2. The second kappa shape index (κ2) is 22.1. The SMILES string of the molecule is O=C([O-])C(O)(C(F)(F)F)C(F)(F)F.O=C([O-])c1cc(I)cc(I)c1I.c1ccc(-[s+]2c3ccccc3c3ccccc32)cc1.c1ccc([S+](c2ccccc2)c2ccccc2)cc1. The number of thiophene rings is 1. The highest BCUT2D eigenvalue weighted by Gasteiger charge is 2.71. The van der Waals surface area contributed by atoms with E-state index in [1.54, 1.807) is 6.07 Å². The van der Waals surface area contributed by atoms with Crippen molar-refractivity contribution >= 4 is 121 Å². The van der Waals surface area contributed by atoms with Gasteiger partial charge in [0.25, 0.3) is 5.60 Å². The molecule has 1 aromatic heterocycles. The van der Waals surface area contributed by atoms with Gasteiger partial charge in [-0.05, 0) is 153 Å². The Morgan fingerprint density at radius 3 is 1.21 bits per heavy atom. The van der Waals surface area contributed by atoms with Crippen molar-refractivity contribution in [3.63, 3.8) is 0 Å². The number of carboxylic acid groups (broad SMARTS) is 2. The highest BCUT2D eigenvalue weighted by Crippen LogP contribution is 2.48. The summed E-state index contributed by atoms with van der Waals surface area (Å²) in [6.07, 6.45) is -12.7. The van der Waals surface area contributed by atoms with Gasteiger partial charge >= 0.3 is 12.4 Å². The Hall–Kier alpha value is -4.22. The van der Waals surface area contributed by atoms with E-state index >= 15 is 0 Å². The van der Waals surface area contributed by atoms with Crippen LogP contribution in [0.1, 0.15) is 10.4 Å². The van der Waals surface area contributed by atoms with E-state index in [4.69, 9.17) is 5.11 Å². The molecule has 1 N–H and O–H groups in total. The maximum atomic E-state index is 11.5. The van der Waals surface area contributed by atoms with Gasteiger partial charge in [-0.3, -0.25) is 0 Å². The second-order valence-electron chi connectivity index (χ2n) is 12.9. The Morgan fingerprint density at radius 2 is 0.873 bits per heavy atom. The first-order valence-electron chi connectivity index (χ1n) is 18.2. The van der Waals surface area contributed by atoms with Crippen molar-refractivity contribution in [3.8, 4) is 4.90 Å². The van der Waals surface area contributed by atoms with Crippen molar-refractivity contribution in [2.75, 3.05) is 0 Å². The molecular formula is C47H31F6I3O5S2. The lowest BCUT2D eigenvalue weighted by molar-refractivity contribution is -0.402. The van der Waals surface area contributed by atoms with Crippen LogP contribution < -0.4 is 10.2 Å². The minimum Gasteiger partial charge on any atom is -0.546 e. The van der Waals surface area contributed by atoms with Crippen LogP contribution in [0.5, 0.6) is 0 Å². The lowest BCUT2D eigenvalue weighted by Crippen LogP contribution is -2.66. The highest BCUT2D eigenvalue weighted by molar-refractivity contribution is 14.1. The van der Waals surface area contributed by atoms with Gasteiger partial charge in [0.15, 0.2) is 29.0 Å². The van der Waals surface area contributed by atoms with Crippen LogP contribution in [0.15, 0.2) is 197 Å². The summed E-state index contributed by atoms with van der Waals surface area (Å²) < 4.78 is 74.3. The zero-order chi connectivity index (χ0) is 46.0. The van der Waals surface area contributed by atoms with Crippen LogP contribution in [0, 0.1) is 10.7 Å². The number of rotatable bonds is 6. The van der Waals surface area contributed by atoms with Crippen molar-refractivity contribution in [2.24, 2.45) is 0 Å². The lowest BCUT2D eigenvalue weighted by atomic mass is 10.0. The van der Waals surface area contributed by atoms with Crippen molar-refractivity contribution in [3.05, 3.63) is 198 Å². The fourth-order valence-corrected chi connectivity index (χ4v) is 12.7. The molecule has 5 nitrogen and oxygen atoms in total. The zero-order valence-corrected chi connectivity index (χ0v) is 40.2. The molecule has 1 heterocycles. The first-order valence-corrected chi connectivity index (χ1v) is 23.9. The molecular weight excluding hydrogens is 1200 g/mol. The molecule has 0 fully saturated rings. The number of alkyl halides is 6. The van der Waals surface area contributed by atoms with Crippen molar-refractivity contribution in [1.82, 2.24) is 0 Å². The number of hydrogen-bond donors (Lipinski definition) is 1. The van der Waals surface area contributed by atoms with E-state index in [9.17, 15) is 46.1 Å². The number of carboxylic acids is 2. The molecule has 0 aliphatic heterocycles. The van der Waals surface area contributed by atoms with Crippen molar-refractivity contribution in [1.29, 1.82) is 0 Å². The van der Waals surface area contributed by atoms with Gasteiger partial charge in [0.1, 0.15) is 0 Å². The molecule has 16 heteroatoms. The third-order valence-electron chi connectivity index (χ3n) is 8.75. The van der Waals surface area contributed by atoms with Crippen LogP contribution in [-0.2, 0) is 15.7 Å². The van der Waals surface area contributed by atoms with Crippen LogP contribution in [0.4, 0.5) is 26.3 Å². The van der Waals surface area contributed by atoms with Crippen molar-refractivity contribution < 1.29 is 51.3 Å². The standard InChI is InChI=1S/C18H13S.C18H15S.C7H3I3O2.C4H2F6O3/c1-2-8-14(9-3-1)19-17-12-6-4-10-15(17)16-11-5-7-13-18(16)19;1-4-10-16(11-5-1)19(17-12-6-2-7-13-17)18-14-8-3-9-15-18;8-3-1-4(7(11)12)6(10)5(9)2-3;5-3(6,7)2(13,1(11)12)4(8,9)10/h1-13H;1-15H;1-2H,(H,11,12);13H,(H,11,12)/q2*+1;;/p-2. The molecule has 63 heavy (non-hydrogen) atoms. The van der Waals surface area contributed by atoms with Crippen LogP contribution in [0.2, 0.25) is 0 Å². The Kier molecular flexibility index (Phi) is 17.5. The molecule has 0 atom stereocenters. The van der Waals surface area contributed by atoms with E-state index < -0.39 is 29.9 Å². The first-order chi connectivity index (χ1) is 29.9. The summed E-state index contributed by atoms with van der Waals surface area (Å²) in [4.78, 5) is 25.6. The molecule has 324 valence electrons. The van der Waals surface area contributed by atoms with Gasteiger partial charge in [-0.1, -0.05) is 97.1 Å². The van der Waals surface area contributed by atoms with Crippen molar-refractivity contribution in [2.45, 2.75) is 32.6 Å². The number of aliphatic carboxylic acids is 1. The maximum Gasteiger partial charge on any atom is 0.431 e. The molecule has 0 bridgehead atoms. The van der Waals surface area contributed by atoms with E-state index in [2.05, 4.69) is 215 Å². The van der Waals surface area contributed by atoms with E-state index in [1.165, 1.54) is 39.8 Å². The molecule has 0 amide bonds. The average molecular weight is 1230 g/mol. The Balaban J connectivity index is 0.000000162. The fourth-order valence-electron chi connectivity index (χ4n) is 5.84. The predicted molar refractivity (Wildman–Crippen MR) is 258 cm³/mol. The van der Waals surface area contributed by atoms with Gasteiger partial charge in [-0.15, -0.1) is 0 Å². The van der Waals surface area contributed by atoms with Crippen LogP contribution in [0.25, 0.3) is 25.1 Å². The van der Waals surface area contributed by atoms with E-state index in [-0.39, 0.29) is 26.9 Å². The zero-order valence-electron chi connectivity index (χ0n) is 32.1. The van der Waals surface area contributed by atoms with Gasteiger partial charge < -0.3 is 24.9 Å². The predicted octanol–water partition coefficient (Wildman–Crippen LogP) is 12.0. The lowest BCUT2D eigenvalue weighted by Gasteiger charge is -2.32. The van der Waals surface area contributed by atoms with Crippen LogP contribution in [-0.4, -0.2) is 35.0 Å². The topological polar surface area (TPSA) is 100 Å². The summed E-state index contributed by atoms with van der Waals surface area (Å²) >= 11 is 6.19. The average Bonchev–Trinajstić information content (AvgIpc) is 3.60. The number of aromatic carboxylic acids is 1. The minimum absolute atomic E-state index is 0.0146. The summed E-state index contributed by atoms with van der Waals surface area (Å²) in [6, 6.07) is 64.1. The quantitative estimate of drug-likeness (QED) is 0.0774. The fraction of sp³-hybridized carbons (Fsp3) is 0.0638. The van der Waals surface area contributed by atoms with Gasteiger partial charge in [-0.2, -0.15) is 26.3 Å². The van der Waals surface area contributed by atoms with Crippen LogP contribution in [0.3, 0.4) is 0 Å². The number of hydrogen-bond acceptors (Lipinski definition) is 5. The maximum absolute atomic E-state index is 11.5. The molecule has 0 spiro atoms. The normalized spacial score (nSPS) is 11.4. The second-order valence-corrected chi connectivity index (χ2v) is 20.4. The summed E-state index contributed by atoms with van der Waals surface area (Å²) in [5.41, 5.74) is -5.55. The number of benzene rings is 7. The van der Waals surface area contributed by atoms with Crippen LogP contribution >= 0.6 is 78.2 Å². The van der Waals surface area contributed by atoms with E-state index in [0.717, 1.165) is 10.7 Å². The van der Waals surface area contributed by atoms with Gasteiger partial charge in [0.2, 0.25) is 0 Å². The number of carbonyl (C=O) groups is 2. The molecule has 8 rings (SSSR count). The summed E-state index contributed by atoms with van der Waals surface area (Å²) in [7, 11) is 0.0448. The molecule has 0 unspecified atom stereocenters. The largest absolute Gasteiger partial charge is 0.546 e. The minimum atomic E-state index is -6.37. The molecule has 7 aromatic carbocycles. The number of halogens is 9. The number of aliphatic hydroxyl groups is 1. The summed E-state index contributed by atoms with van der Waals surface area (Å²) in [5.74, 6) is -4.77. The Bertz CT molecular complexity index is 2610. The summed E-state index contributed by atoms with van der Waals surface area (Å²) in [5, 5.41) is 30.8. The third kappa shape index (κ3) is 12.1. The van der Waals surface area contributed by atoms with E-state index in [0.29, 0.717) is 0 Å². The first kappa shape index (κ1) is 49.8. The Morgan fingerprint density at radius 1 is 0.524 bits per heavy atom. The Labute approximate surface area is 404 Å². The van der Waals surface area contributed by atoms with Gasteiger partial charge in [0.05, 0.1) is 22.8 Å². The van der Waals surface area contributed by atoms with Gasteiger partial charge in [0, 0.05) is 37.5 Å². The van der Waals surface area contributed by atoms with Gasteiger partial charge in [-0.25, -0.2) is 0 Å². The smallest absolute Gasteiger partial charge is 0.431 e.